The molecule has 0 saturated carbocycles. The average molecular weight is 817 g/mol. The van der Waals surface area contributed by atoms with Crippen LogP contribution >= 0.6 is 31.5 Å². The number of benzene rings is 4. The molecular weight excluding hydrogens is 774 g/mol. The molecule has 12 heteroatoms. The average Bonchev–Trinajstić information content (AvgIpc) is 4.02. The standard InChI is InChI=1S/C45H42N3O6PS2/c1-44(30-35-14-9-27-56-35)38-29-33(48(49)50)20-22-39(38)46(23-25-52-34-12-4-3-5-13-34)41(44)17-8-18-42-45(2,31-36-15-10-28-57-36)43-37-16-7-6-11-32(37)19-21-40(43)47(42)24-26-55-54-53-51/h3-22,27-29,55H,23-26,30-31H2,1-2H3/p+1. The lowest BCUT2D eigenvalue weighted by Crippen LogP contribution is -2.34. The molecule has 6 aromatic rings. The van der Waals surface area contributed by atoms with Gasteiger partial charge in [-0.05, 0) is 89.8 Å². The van der Waals surface area contributed by atoms with Gasteiger partial charge in [0.25, 0.3) is 5.69 Å². The van der Waals surface area contributed by atoms with Gasteiger partial charge in [-0.1, -0.05) is 65.7 Å². The highest BCUT2D eigenvalue weighted by atomic mass is 32.1. The molecule has 2 aliphatic rings. The molecule has 0 spiro atoms. The molecule has 0 fully saturated rings. The number of para-hydroxylation sites is 1. The summed E-state index contributed by atoms with van der Waals surface area (Å²) in [5, 5.41) is 31.7. The number of allylic oxidation sites excluding steroid dienone is 4. The van der Waals surface area contributed by atoms with Gasteiger partial charge in [0.2, 0.25) is 5.69 Å². The predicted molar refractivity (Wildman–Crippen MR) is 232 cm³/mol. The number of ether oxygens (including phenoxy) is 1. The van der Waals surface area contributed by atoms with E-state index in [1.54, 1.807) is 34.8 Å². The third kappa shape index (κ3) is 7.71. The van der Waals surface area contributed by atoms with Gasteiger partial charge in [-0.2, -0.15) is 9.25 Å². The number of thiophene rings is 2. The second kappa shape index (κ2) is 16.8. The largest absolute Gasteiger partial charge is 0.492 e. The molecule has 3 unspecified atom stereocenters. The Morgan fingerprint density at radius 2 is 1.63 bits per heavy atom. The zero-order valence-electron chi connectivity index (χ0n) is 31.7. The van der Waals surface area contributed by atoms with E-state index >= 15 is 0 Å². The van der Waals surface area contributed by atoms with E-state index < -0.39 is 10.8 Å². The summed E-state index contributed by atoms with van der Waals surface area (Å²) in [7, 11) is -0.0474. The highest BCUT2D eigenvalue weighted by molar-refractivity contribution is 7.32. The van der Waals surface area contributed by atoms with Gasteiger partial charge in [0.15, 0.2) is 12.3 Å². The Morgan fingerprint density at radius 3 is 2.35 bits per heavy atom. The van der Waals surface area contributed by atoms with E-state index in [1.807, 2.05) is 36.4 Å². The van der Waals surface area contributed by atoms with Crippen LogP contribution in [0.3, 0.4) is 0 Å². The van der Waals surface area contributed by atoms with Crippen molar-refractivity contribution in [3.8, 4) is 5.75 Å². The summed E-state index contributed by atoms with van der Waals surface area (Å²) in [6, 6.07) is 36.5. The molecule has 9 nitrogen and oxygen atoms in total. The van der Waals surface area contributed by atoms with Crippen molar-refractivity contribution in [3.63, 3.8) is 0 Å². The number of nitro benzene ring substituents is 1. The van der Waals surface area contributed by atoms with Gasteiger partial charge >= 0.3 is 0 Å². The Bertz CT molecular complexity index is 2470. The van der Waals surface area contributed by atoms with Crippen LogP contribution in [0, 0.1) is 10.1 Å². The topological polar surface area (TPSA) is 97.3 Å². The van der Waals surface area contributed by atoms with Gasteiger partial charge < -0.3 is 9.64 Å². The van der Waals surface area contributed by atoms with E-state index in [0.717, 1.165) is 40.5 Å². The lowest BCUT2D eigenvalue weighted by Gasteiger charge is -2.30. The van der Waals surface area contributed by atoms with Gasteiger partial charge in [-0.25, -0.2) is 5.26 Å². The summed E-state index contributed by atoms with van der Waals surface area (Å²) < 4.78 is 13.6. The zero-order chi connectivity index (χ0) is 39.4. The fourth-order valence-corrected chi connectivity index (χ4v) is 10.8. The highest BCUT2D eigenvalue weighted by Crippen LogP contribution is 2.52. The van der Waals surface area contributed by atoms with Crippen molar-refractivity contribution < 1.29 is 29.2 Å². The number of hydrogen-bond donors (Lipinski definition) is 1. The first-order valence-electron chi connectivity index (χ1n) is 18.9. The van der Waals surface area contributed by atoms with E-state index in [-0.39, 0.29) is 19.4 Å². The second-order valence-electron chi connectivity index (χ2n) is 14.6. The minimum Gasteiger partial charge on any atom is -0.492 e. The predicted octanol–water partition coefficient (Wildman–Crippen LogP) is 11.0. The summed E-state index contributed by atoms with van der Waals surface area (Å²) in [6.07, 6.45) is 8.74. The number of non-ortho nitro benzene ring substituents is 1. The first-order valence-corrected chi connectivity index (χ1v) is 21.7. The van der Waals surface area contributed by atoms with Gasteiger partial charge in [0.1, 0.15) is 12.4 Å². The van der Waals surface area contributed by atoms with Gasteiger partial charge in [-0.3, -0.25) is 10.1 Å². The lowest BCUT2D eigenvalue weighted by atomic mass is 9.74. The quantitative estimate of drug-likeness (QED) is 0.0259. The van der Waals surface area contributed by atoms with Crippen molar-refractivity contribution >= 4 is 65.0 Å². The summed E-state index contributed by atoms with van der Waals surface area (Å²) in [4.78, 5) is 16.6. The molecule has 0 amide bonds. The van der Waals surface area contributed by atoms with E-state index in [2.05, 4.69) is 118 Å². The molecule has 0 aliphatic carbocycles. The third-order valence-electron chi connectivity index (χ3n) is 11.1. The fourth-order valence-electron chi connectivity index (χ4n) is 8.65. The molecular formula is C45H43N3O6PS2+. The minimum absolute atomic E-state index is 0.0474. The van der Waals surface area contributed by atoms with Crippen molar-refractivity contribution in [1.82, 2.24) is 0 Å². The molecule has 57 heavy (non-hydrogen) atoms. The summed E-state index contributed by atoms with van der Waals surface area (Å²) in [6.45, 7) is 6.17. The van der Waals surface area contributed by atoms with Gasteiger partial charge in [0.05, 0.1) is 31.9 Å². The molecule has 2 aliphatic heterocycles. The second-order valence-corrected chi connectivity index (χ2v) is 17.6. The summed E-state index contributed by atoms with van der Waals surface area (Å²) in [5.41, 5.74) is 5.60. The number of nitro groups is 1. The molecule has 8 rings (SSSR count). The summed E-state index contributed by atoms with van der Waals surface area (Å²) >= 11 is 3.46. The van der Waals surface area contributed by atoms with Gasteiger partial charge in [0, 0.05) is 62.8 Å². The molecule has 4 aromatic carbocycles. The number of rotatable bonds is 16. The van der Waals surface area contributed by atoms with E-state index in [1.165, 1.54) is 26.1 Å². The van der Waals surface area contributed by atoms with Crippen LogP contribution in [0.5, 0.6) is 5.75 Å². The van der Waals surface area contributed by atoms with Crippen LogP contribution in [0.25, 0.3) is 10.8 Å². The van der Waals surface area contributed by atoms with Crippen LogP contribution < -0.4 is 9.64 Å². The lowest BCUT2D eigenvalue weighted by molar-refractivity contribution is -0.440. The Balaban J connectivity index is 1.26. The first-order chi connectivity index (χ1) is 27.8. The molecule has 0 radical (unpaired) electrons. The maximum absolute atomic E-state index is 12.1. The van der Waals surface area contributed by atoms with Gasteiger partial charge in [-0.15, -0.1) is 22.7 Å². The van der Waals surface area contributed by atoms with E-state index in [0.29, 0.717) is 32.3 Å². The van der Waals surface area contributed by atoms with E-state index in [9.17, 15) is 10.1 Å². The molecule has 290 valence electrons. The number of nitrogens with zero attached hydrogens (tertiary/aromatic N) is 3. The minimum atomic E-state index is -0.578. The number of hydrogen-bond acceptors (Lipinski definition) is 9. The zero-order valence-corrected chi connectivity index (χ0v) is 34.3. The van der Waals surface area contributed by atoms with Crippen molar-refractivity contribution in [2.24, 2.45) is 0 Å². The van der Waals surface area contributed by atoms with Crippen LogP contribution in [0.15, 0.2) is 144 Å². The van der Waals surface area contributed by atoms with Crippen LogP contribution in [-0.4, -0.2) is 46.3 Å². The highest BCUT2D eigenvalue weighted by Gasteiger charge is 2.49. The van der Waals surface area contributed by atoms with Crippen molar-refractivity contribution in [2.75, 3.05) is 30.8 Å². The Kier molecular flexibility index (Phi) is 11.5. The van der Waals surface area contributed by atoms with Crippen LogP contribution in [0.2, 0.25) is 0 Å². The Labute approximate surface area is 341 Å². The normalized spacial score (nSPS) is 19.8. The fraction of sp³-hybridized carbons (Fsp3) is 0.222. The molecule has 3 atom stereocenters. The van der Waals surface area contributed by atoms with E-state index in [4.69, 9.17) is 14.7 Å². The molecule has 4 heterocycles. The molecule has 2 aromatic heterocycles. The van der Waals surface area contributed by atoms with Crippen LogP contribution in [0.4, 0.5) is 17.1 Å². The number of anilines is 1. The molecule has 0 bridgehead atoms. The van der Waals surface area contributed by atoms with Crippen molar-refractivity contribution in [2.45, 2.75) is 37.5 Å². The van der Waals surface area contributed by atoms with Crippen molar-refractivity contribution in [1.29, 1.82) is 0 Å². The van der Waals surface area contributed by atoms with Crippen LogP contribution in [0.1, 0.15) is 34.7 Å². The third-order valence-corrected chi connectivity index (χ3v) is 13.5. The smallest absolute Gasteiger partial charge is 0.269 e. The summed E-state index contributed by atoms with van der Waals surface area (Å²) in [5.74, 6) is 0.791. The SMILES string of the molecule is CC1(Cc2cccs2)C(/C=C/C=C2\N(CCOc3ccccc3)c3ccc([N+](=O)[O-])cc3C2(C)Cc2cccs2)=[N+](CCPOOO)c2ccc3ccccc3c21. The van der Waals surface area contributed by atoms with Crippen molar-refractivity contribution in [3.05, 3.63) is 175 Å². The first kappa shape index (κ1) is 38.9. The van der Waals surface area contributed by atoms with Crippen LogP contribution in [-0.2, 0) is 33.4 Å². The Hall–Kier alpha value is -5.00. The monoisotopic (exact) mass is 816 g/mol. The number of fused-ring (bicyclic) bond motifs is 4. The maximum Gasteiger partial charge on any atom is 0.269 e. The maximum atomic E-state index is 12.1. The molecule has 1 N–H and O–H groups in total. The molecule has 0 saturated heterocycles. The Morgan fingerprint density at radius 1 is 0.895 bits per heavy atom.